The van der Waals surface area contributed by atoms with E-state index in [-0.39, 0.29) is 5.91 Å². The number of carbonyl (C=O) groups excluding carboxylic acids is 1. The predicted molar refractivity (Wildman–Crippen MR) is 105 cm³/mol. The summed E-state index contributed by atoms with van der Waals surface area (Å²) in [4.78, 5) is 23.6. The van der Waals surface area contributed by atoms with Crippen LogP contribution in [0.4, 0.5) is 11.5 Å². The zero-order valence-corrected chi connectivity index (χ0v) is 16.1. The van der Waals surface area contributed by atoms with Gasteiger partial charge in [-0.1, -0.05) is 6.92 Å². The smallest absolute Gasteiger partial charge is 0.274 e. The summed E-state index contributed by atoms with van der Waals surface area (Å²) in [6.07, 6.45) is 6.06. The van der Waals surface area contributed by atoms with Gasteiger partial charge in [0, 0.05) is 24.7 Å². The standard InChI is InChI=1S/C20H26N4O3/c1-4-14-7-5-6-10-24(14)19-12-17(21-13-22-19)20(25)23-16-9-8-15(26-2)11-18(16)27-3/h8-9,11-14H,4-7,10H2,1-3H3,(H,23,25). The first-order valence-corrected chi connectivity index (χ1v) is 9.28. The molecular weight excluding hydrogens is 344 g/mol. The van der Waals surface area contributed by atoms with Crippen LogP contribution in [0.1, 0.15) is 43.1 Å². The largest absolute Gasteiger partial charge is 0.497 e. The van der Waals surface area contributed by atoms with Crippen molar-refractivity contribution in [2.45, 2.75) is 38.6 Å². The Morgan fingerprint density at radius 2 is 2.07 bits per heavy atom. The summed E-state index contributed by atoms with van der Waals surface area (Å²) in [7, 11) is 3.13. The Hall–Kier alpha value is -2.83. The molecule has 1 aromatic heterocycles. The number of carbonyl (C=O) groups is 1. The lowest BCUT2D eigenvalue weighted by atomic mass is 10.00. The molecule has 1 N–H and O–H groups in total. The van der Waals surface area contributed by atoms with E-state index in [0.29, 0.717) is 28.9 Å². The average molecular weight is 370 g/mol. The second-order valence-electron chi connectivity index (χ2n) is 6.53. The Morgan fingerprint density at radius 3 is 2.81 bits per heavy atom. The van der Waals surface area contributed by atoms with Crippen LogP contribution >= 0.6 is 0 Å². The van der Waals surface area contributed by atoms with Crippen molar-refractivity contribution in [3.05, 3.63) is 36.3 Å². The van der Waals surface area contributed by atoms with E-state index in [0.717, 1.165) is 31.6 Å². The lowest BCUT2D eigenvalue weighted by Gasteiger charge is -2.36. The van der Waals surface area contributed by atoms with Crippen LogP contribution < -0.4 is 19.7 Å². The SMILES string of the molecule is CCC1CCCCN1c1cc(C(=O)Nc2ccc(OC)cc2OC)ncn1. The molecule has 0 spiro atoms. The van der Waals surface area contributed by atoms with E-state index < -0.39 is 0 Å². The van der Waals surface area contributed by atoms with Crippen LogP contribution in [0.5, 0.6) is 11.5 Å². The van der Waals surface area contributed by atoms with Crippen LogP contribution in [0.25, 0.3) is 0 Å². The molecule has 27 heavy (non-hydrogen) atoms. The van der Waals surface area contributed by atoms with Gasteiger partial charge in [-0.05, 0) is 37.8 Å². The second kappa shape index (κ2) is 8.70. The minimum absolute atomic E-state index is 0.299. The number of nitrogens with one attached hydrogen (secondary N) is 1. The molecular formula is C20H26N4O3. The second-order valence-corrected chi connectivity index (χ2v) is 6.53. The quantitative estimate of drug-likeness (QED) is 0.838. The number of hydrogen-bond donors (Lipinski definition) is 1. The van der Waals surface area contributed by atoms with Crippen molar-refractivity contribution in [1.29, 1.82) is 0 Å². The summed E-state index contributed by atoms with van der Waals surface area (Å²) in [5.41, 5.74) is 0.895. The first kappa shape index (κ1) is 18.9. The van der Waals surface area contributed by atoms with Crippen molar-refractivity contribution in [1.82, 2.24) is 9.97 Å². The molecule has 1 saturated heterocycles. The minimum Gasteiger partial charge on any atom is -0.497 e. The van der Waals surface area contributed by atoms with Gasteiger partial charge in [-0.25, -0.2) is 9.97 Å². The Bertz CT molecular complexity index is 797. The molecule has 7 nitrogen and oxygen atoms in total. The third-order valence-electron chi connectivity index (χ3n) is 4.93. The number of benzene rings is 1. The maximum absolute atomic E-state index is 12.7. The number of rotatable bonds is 6. The molecule has 1 aliphatic rings. The number of piperidine rings is 1. The van der Waals surface area contributed by atoms with Crippen LogP contribution in [0.2, 0.25) is 0 Å². The molecule has 1 unspecified atom stereocenters. The molecule has 1 fully saturated rings. The highest BCUT2D eigenvalue weighted by Gasteiger charge is 2.23. The van der Waals surface area contributed by atoms with Gasteiger partial charge in [0.05, 0.1) is 19.9 Å². The molecule has 0 saturated carbocycles. The number of aromatic nitrogens is 2. The molecule has 1 atom stereocenters. The van der Waals surface area contributed by atoms with E-state index in [4.69, 9.17) is 9.47 Å². The number of nitrogens with zero attached hydrogens (tertiary/aromatic N) is 3. The highest BCUT2D eigenvalue weighted by Crippen LogP contribution is 2.30. The van der Waals surface area contributed by atoms with Gasteiger partial charge in [0.15, 0.2) is 0 Å². The topological polar surface area (TPSA) is 76.6 Å². The Kier molecular flexibility index (Phi) is 6.11. The third-order valence-corrected chi connectivity index (χ3v) is 4.93. The Labute approximate surface area is 159 Å². The summed E-state index contributed by atoms with van der Waals surface area (Å²) in [5, 5.41) is 2.86. The van der Waals surface area contributed by atoms with Gasteiger partial charge in [0.25, 0.3) is 5.91 Å². The van der Waals surface area contributed by atoms with Crippen LogP contribution in [0, 0.1) is 0 Å². The molecule has 1 aromatic carbocycles. The van der Waals surface area contributed by atoms with Crippen LogP contribution in [-0.2, 0) is 0 Å². The molecule has 2 aromatic rings. The molecule has 1 amide bonds. The summed E-state index contributed by atoms with van der Waals surface area (Å²) < 4.78 is 10.5. The Balaban J connectivity index is 1.80. The molecule has 0 radical (unpaired) electrons. The van der Waals surface area contributed by atoms with Gasteiger partial charge in [0.1, 0.15) is 29.3 Å². The lowest BCUT2D eigenvalue weighted by Crippen LogP contribution is -2.39. The highest BCUT2D eigenvalue weighted by atomic mass is 16.5. The van der Waals surface area contributed by atoms with Crippen molar-refractivity contribution in [3.8, 4) is 11.5 Å². The monoisotopic (exact) mass is 370 g/mol. The molecule has 0 aliphatic carbocycles. The van der Waals surface area contributed by atoms with E-state index in [1.807, 2.05) is 0 Å². The van der Waals surface area contributed by atoms with Gasteiger partial charge in [-0.3, -0.25) is 4.79 Å². The zero-order chi connectivity index (χ0) is 19.2. The van der Waals surface area contributed by atoms with Crippen molar-refractivity contribution in [2.24, 2.45) is 0 Å². The average Bonchev–Trinajstić information content (AvgIpc) is 2.74. The summed E-state index contributed by atoms with van der Waals surface area (Å²) in [5.74, 6) is 1.69. The predicted octanol–water partition coefficient (Wildman–Crippen LogP) is 3.52. The van der Waals surface area contributed by atoms with Crippen LogP contribution in [0.15, 0.2) is 30.6 Å². The Morgan fingerprint density at radius 1 is 1.22 bits per heavy atom. The van der Waals surface area contributed by atoms with E-state index in [1.54, 1.807) is 38.5 Å². The summed E-state index contributed by atoms with van der Waals surface area (Å²) in [6.45, 7) is 3.15. The molecule has 3 rings (SSSR count). The zero-order valence-electron chi connectivity index (χ0n) is 16.1. The number of amides is 1. The minimum atomic E-state index is -0.299. The maximum atomic E-state index is 12.7. The number of ether oxygens (including phenoxy) is 2. The molecule has 2 heterocycles. The fraction of sp³-hybridized carbons (Fsp3) is 0.450. The number of methoxy groups -OCH3 is 2. The molecule has 144 valence electrons. The normalized spacial score (nSPS) is 16.7. The summed E-state index contributed by atoms with van der Waals surface area (Å²) >= 11 is 0. The molecule has 1 aliphatic heterocycles. The van der Waals surface area contributed by atoms with Gasteiger partial charge in [-0.2, -0.15) is 0 Å². The first-order chi connectivity index (χ1) is 13.2. The number of hydrogen-bond acceptors (Lipinski definition) is 6. The van der Waals surface area contributed by atoms with Gasteiger partial charge >= 0.3 is 0 Å². The van der Waals surface area contributed by atoms with Gasteiger partial charge in [0.2, 0.25) is 0 Å². The molecule has 7 heteroatoms. The fourth-order valence-electron chi connectivity index (χ4n) is 3.44. The number of anilines is 2. The van der Waals surface area contributed by atoms with Gasteiger partial charge in [-0.15, -0.1) is 0 Å². The fourth-order valence-corrected chi connectivity index (χ4v) is 3.44. The summed E-state index contributed by atoms with van der Waals surface area (Å²) in [6, 6.07) is 7.46. The third kappa shape index (κ3) is 4.30. The van der Waals surface area contributed by atoms with Crippen LogP contribution in [0.3, 0.4) is 0 Å². The van der Waals surface area contributed by atoms with Crippen molar-refractivity contribution in [3.63, 3.8) is 0 Å². The highest BCUT2D eigenvalue weighted by molar-refractivity contribution is 6.04. The maximum Gasteiger partial charge on any atom is 0.274 e. The lowest BCUT2D eigenvalue weighted by molar-refractivity contribution is 0.102. The molecule has 0 bridgehead atoms. The van der Waals surface area contributed by atoms with Crippen molar-refractivity contribution in [2.75, 3.05) is 31.0 Å². The van der Waals surface area contributed by atoms with Gasteiger partial charge < -0.3 is 19.7 Å². The van der Waals surface area contributed by atoms with E-state index >= 15 is 0 Å². The van der Waals surface area contributed by atoms with Crippen LogP contribution in [-0.4, -0.2) is 42.7 Å². The van der Waals surface area contributed by atoms with E-state index in [2.05, 4.69) is 27.1 Å². The van der Waals surface area contributed by atoms with E-state index in [9.17, 15) is 4.79 Å². The van der Waals surface area contributed by atoms with Crippen molar-refractivity contribution < 1.29 is 14.3 Å². The first-order valence-electron chi connectivity index (χ1n) is 9.28. The van der Waals surface area contributed by atoms with Crippen molar-refractivity contribution >= 4 is 17.4 Å². The van der Waals surface area contributed by atoms with E-state index in [1.165, 1.54) is 12.7 Å².